The van der Waals surface area contributed by atoms with E-state index < -0.39 is 10.0 Å². The average Bonchev–Trinajstić information content (AvgIpc) is 3.10. The number of aryl methyl sites for hydroxylation is 1. The molecule has 32 heavy (non-hydrogen) atoms. The Morgan fingerprint density at radius 2 is 1.69 bits per heavy atom. The number of benzene rings is 3. The van der Waals surface area contributed by atoms with Gasteiger partial charge in [0.1, 0.15) is 0 Å². The van der Waals surface area contributed by atoms with Crippen molar-refractivity contribution in [1.82, 2.24) is 4.31 Å². The molecule has 0 saturated carbocycles. The number of anilines is 1. The van der Waals surface area contributed by atoms with E-state index in [2.05, 4.69) is 0 Å². The normalized spacial score (nSPS) is 15.8. The van der Waals surface area contributed by atoms with Gasteiger partial charge in [-0.1, -0.05) is 54.1 Å². The standard InChI is InChI=1S/C25H25ClN2O3S/c1-18-7-3-4-9-21(18)16-27(32(30,31)23-13-11-22(26)12-14-23)17-25(29)28-19(2)15-20-8-5-6-10-24(20)28/h3-14,19H,15-17H2,1-2H3/t19-/m1/s1. The number of halogens is 1. The van der Waals surface area contributed by atoms with Gasteiger partial charge in [-0.3, -0.25) is 4.79 Å². The summed E-state index contributed by atoms with van der Waals surface area (Å²) >= 11 is 5.96. The zero-order valence-corrected chi connectivity index (χ0v) is 19.6. The predicted octanol–water partition coefficient (Wildman–Crippen LogP) is 4.82. The molecule has 0 bridgehead atoms. The van der Waals surface area contributed by atoms with Gasteiger partial charge in [0.25, 0.3) is 0 Å². The van der Waals surface area contributed by atoms with Gasteiger partial charge >= 0.3 is 0 Å². The largest absolute Gasteiger partial charge is 0.308 e. The van der Waals surface area contributed by atoms with Gasteiger partial charge in [0.15, 0.2) is 0 Å². The number of hydrogen-bond acceptors (Lipinski definition) is 3. The zero-order valence-electron chi connectivity index (χ0n) is 18.0. The van der Waals surface area contributed by atoms with E-state index in [1.54, 1.807) is 17.0 Å². The number of para-hydroxylation sites is 1. The van der Waals surface area contributed by atoms with Crippen LogP contribution in [0.1, 0.15) is 23.6 Å². The van der Waals surface area contributed by atoms with E-state index in [4.69, 9.17) is 11.6 Å². The van der Waals surface area contributed by atoms with Gasteiger partial charge in [-0.25, -0.2) is 8.42 Å². The van der Waals surface area contributed by atoms with Gasteiger partial charge < -0.3 is 4.90 Å². The molecule has 1 amide bonds. The Morgan fingerprint density at radius 1 is 1.03 bits per heavy atom. The molecule has 0 aromatic heterocycles. The van der Waals surface area contributed by atoms with Crippen LogP contribution in [0.15, 0.2) is 77.7 Å². The van der Waals surface area contributed by atoms with Crippen LogP contribution in [0.4, 0.5) is 5.69 Å². The van der Waals surface area contributed by atoms with Crippen LogP contribution in [-0.4, -0.2) is 31.2 Å². The van der Waals surface area contributed by atoms with E-state index in [0.717, 1.165) is 28.8 Å². The maximum absolute atomic E-state index is 13.5. The lowest BCUT2D eigenvalue weighted by atomic mass is 10.1. The highest BCUT2D eigenvalue weighted by Crippen LogP contribution is 2.32. The quantitative estimate of drug-likeness (QED) is 0.521. The highest BCUT2D eigenvalue weighted by Gasteiger charge is 2.34. The molecule has 1 aliphatic rings. The summed E-state index contributed by atoms with van der Waals surface area (Å²) < 4.78 is 28.4. The number of sulfonamides is 1. The van der Waals surface area contributed by atoms with Crippen LogP contribution in [0.5, 0.6) is 0 Å². The highest BCUT2D eigenvalue weighted by atomic mass is 35.5. The molecule has 166 valence electrons. The summed E-state index contributed by atoms with van der Waals surface area (Å²) in [6, 6.07) is 21.4. The Morgan fingerprint density at radius 3 is 2.41 bits per heavy atom. The Kier molecular flexibility index (Phi) is 6.38. The Hall–Kier alpha value is -2.67. The van der Waals surface area contributed by atoms with Gasteiger partial charge in [0.2, 0.25) is 15.9 Å². The first-order chi connectivity index (χ1) is 15.3. The lowest BCUT2D eigenvalue weighted by Gasteiger charge is -2.28. The first-order valence-electron chi connectivity index (χ1n) is 10.5. The molecule has 0 spiro atoms. The predicted molar refractivity (Wildman–Crippen MR) is 127 cm³/mol. The van der Waals surface area contributed by atoms with Gasteiger partial charge in [0, 0.05) is 23.3 Å². The van der Waals surface area contributed by atoms with Crippen LogP contribution < -0.4 is 4.90 Å². The Balaban J connectivity index is 1.69. The van der Waals surface area contributed by atoms with E-state index in [0.29, 0.717) is 5.02 Å². The molecular weight excluding hydrogens is 444 g/mol. The Labute approximate surface area is 194 Å². The monoisotopic (exact) mass is 468 g/mol. The molecule has 1 heterocycles. The molecule has 7 heteroatoms. The first kappa shape index (κ1) is 22.5. The topological polar surface area (TPSA) is 57.7 Å². The molecular formula is C25H25ClN2O3S. The molecule has 0 unspecified atom stereocenters. The van der Waals surface area contributed by atoms with Crippen molar-refractivity contribution < 1.29 is 13.2 Å². The van der Waals surface area contributed by atoms with Crippen LogP contribution >= 0.6 is 11.6 Å². The molecule has 0 radical (unpaired) electrons. The SMILES string of the molecule is Cc1ccccc1CN(CC(=O)N1c2ccccc2C[C@H]1C)S(=O)(=O)c1ccc(Cl)cc1. The summed E-state index contributed by atoms with van der Waals surface area (Å²) in [5, 5.41) is 0.452. The van der Waals surface area contributed by atoms with E-state index in [1.165, 1.54) is 16.4 Å². The lowest BCUT2D eigenvalue weighted by Crippen LogP contribution is -2.44. The van der Waals surface area contributed by atoms with Crippen molar-refractivity contribution in [2.45, 2.75) is 37.8 Å². The van der Waals surface area contributed by atoms with Gasteiger partial charge in [-0.15, -0.1) is 0 Å². The highest BCUT2D eigenvalue weighted by molar-refractivity contribution is 7.89. The molecule has 1 aliphatic heterocycles. The van der Waals surface area contributed by atoms with Crippen molar-refractivity contribution in [2.24, 2.45) is 0 Å². The molecule has 0 saturated heterocycles. The minimum Gasteiger partial charge on any atom is -0.308 e. The van der Waals surface area contributed by atoms with Crippen molar-refractivity contribution in [3.8, 4) is 0 Å². The van der Waals surface area contributed by atoms with Gasteiger partial charge in [-0.05, 0) is 67.3 Å². The first-order valence-corrected chi connectivity index (χ1v) is 12.3. The number of rotatable bonds is 6. The smallest absolute Gasteiger partial charge is 0.243 e. The molecule has 0 aliphatic carbocycles. The maximum Gasteiger partial charge on any atom is 0.243 e. The van der Waals surface area contributed by atoms with Gasteiger partial charge in [0.05, 0.1) is 11.4 Å². The molecule has 3 aromatic carbocycles. The number of fused-ring (bicyclic) bond motifs is 1. The van der Waals surface area contributed by atoms with E-state index in [9.17, 15) is 13.2 Å². The van der Waals surface area contributed by atoms with Crippen LogP contribution in [-0.2, 0) is 27.8 Å². The third-order valence-corrected chi connectivity index (χ3v) is 7.90. The molecule has 0 fully saturated rings. The van der Waals surface area contributed by atoms with Crippen molar-refractivity contribution in [3.63, 3.8) is 0 Å². The van der Waals surface area contributed by atoms with Crippen molar-refractivity contribution >= 4 is 33.2 Å². The van der Waals surface area contributed by atoms with Crippen LogP contribution in [0.25, 0.3) is 0 Å². The fourth-order valence-electron chi connectivity index (χ4n) is 4.13. The van der Waals surface area contributed by atoms with E-state index in [1.807, 2.05) is 62.4 Å². The molecule has 4 rings (SSSR count). The number of carbonyl (C=O) groups excluding carboxylic acids is 1. The summed E-state index contributed by atoms with van der Waals surface area (Å²) in [6.07, 6.45) is 0.754. The number of hydrogen-bond donors (Lipinski definition) is 0. The van der Waals surface area contributed by atoms with Crippen LogP contribution in [0, 0.1) is 6.92 Å². The van der Waals surface area contributed by atoms with Crippen molar-refractivity contribution in [1.29, 1.82) is 0 Å². The fourth-order valence-corrected chi connectivity index (χ4v) is 5.63. The summed E-state index contributed by atoms with van der Waals surface area (Å²) in [7, 11) is -3.93. The summed E-state index contributed by atoms with van der Waals surface area (Å²) in [5.74, 6) is -0.242. The average molecular weight is 469 g/mol. The van der Waals surface area contributed by atoms with Gasteiger partial charge in [-0.2, -0.15) is 4.31 Å². The number of nitrogens with zero attached hydrogens (tertiary/aromatic N) is 2. The minimum atomic E-state index is -3.93. The third-order valence-electron chi connectivity index (χ3n) is 5.85. The summed E-state index contributed by atoms with van der Waals surface area (Å²) in [6.45, 7) is 3.77. The fraction of sp³-hybridized carbons (Fsp3) is 0.240. The van der Waals surface area contributed by atoms with Crippen molar-refractivity contribution in [2.75, 3.05) is 11.4 Å². The zero-order chi connectivity index (χ0) is 22.9. The summed E-state index contributed by atoms with van der Waals surface area (Å²) in [4.78, 5) is 15.3. The number of amides is 1. The second-order valence-electron chi connectivity index (χ2n) is 8.10. The molecule has 1 atom stereocenters. The lowest BCUT2D eigenvalue weighted by molar-refractivity contribution is -0.119. The molecule has 5 nitrogen and oxygen atoms in total. The van der Waals surface area contributed by atoms with Crippen LogP contribution in [0.3, 0.4) is 0 Å². The number of carbonyl (C=O) groups is 1. The van der Waals surface area contributed by atoms with E-state index in [-0.39, 0.29) is 29.9 Å². The Bertz CT molecular complexity index is 1240. The van der Waals surface area contributed by atoms with Crippen LogP contribution in [0.2, 0.25) is 5.02 Å². The second kappa shape index (κ2) is 9.06. The van der Waals surface area contributed by atoms with Crippen molar-refractivity contribution in [3.05, 3.63) is 94.5 Å². The van der Waals surface area contributed by atoms with E-state index >= 15 is 0 Å². The molecule has 0 N–H and O–H groups in total. The summed E-state index contributed by atoms with van der Waals surface area (Å²) in [5.41, 5.74) is 3.77. The second-order valence-corrected chi connectivity index (χ2v) is 10.5. The maximum atomic E-state index is 13.5. The minimum absolute atomic E-state index is 0.0292. The third kappa shape index (κ3) is 4.44. The molecule has 3 aromatic rings.